The van der Waals surface area contributed by atoms with E-state index in [0.29, 0.717) is 40.1 Å². The molecule has 1 aliphatic heterocycles. The molecule has 1 saturated heterocycles. The number of methoxy groups -OCH3 is 1. The Balaban J connectivity index is 1.64. The van der Waals surface area contributed by atoms with Gasteiger partial charge in [-0.1, -0.05) is 11.3 Å². The molecule has 2 aromatic carbocycles. The molecule has 172 valence electrons. The zero-order valence-corrected chi connectivity index (χ0v) is 19.2. The zero-order chi connectivity index (χ0) is 23.8. The first-order valence-electron chi connectivity index (χ1n) is 10.5. The van der Waals surface area contributed by atoms with Crippen molar-refractivity contribution in [3.63, 3.8) is 0 Å². The molecule has 0 saturated carbocycles. The highest BCUT2D eigenvalue weighted by Gasteiger charge is 2.49. The van der Waals surface area contributed by atoms with Crippen LogP contribution in [-0.4, -0.2) is 35.5 Å². The van der Waals surface area contributed by atoms with E-state index in [0.717, 1.165) is 4.70 Å². The van der Waals surface area contributed by atoms with Gasteiger partial charge in [-0.05, 0) is 61.5 Å². The Morgan fingerprint density at radius 1 is 1.15 bits per heavy atom. The third kappa shape index (κ3) is 3.60. The normalized spacial score (nSPS) is 17.5. The summed E-state index contributed by atoms with van der Waals surface area (Å²) in [4.78, 5) is 32.2. The average Bonchev–Trinajstić information content (AvgIpc) is 3.57. The van der Waals surface area contributed by atoms with E-state index in [1.54, 1.807) is 55.6 Å². The van der Waals surface area contributed by atoms with Crippen molar-refractivity contribution >= 4 is 44.1 Å². The summed E-state index contributed by atoms with van der Waals surface area (Å²) in [5.74, 6) is -0.282. The Bertz CT molecular complexity index is 1410. The fourth-order valence-electron chi connectivity index (χ4n) is 3.90. The van der Waals surface area contributed by atoms with Crippen LogP contribution in [-0.2, 0) is 9.59 Å². The lowest BCUT2D eigenvalue weighted by Gasteiger charge is -2.20. The number of aliphatic hydroxyl groups is 1. The number of ether oxygens (including phenoxy) is 2. The second-order valence-corrected chi connectivity index (χ2v) is 8.48. The Labute approximate surface area is 198 Å². The second kappa shape index (κ2) is 8.68. The largest absolute Gasteiger partial charge is 0.507 e. The van der Waals surface area contributed by atoms with Gasteiger partial charge in [0.25, 0.3) is 5.78 Å². The molecule has 5 rings (SSSR count). The average molecular weight is 477 g/mol. The predicted octanol–water partition coefficient (Wildman–Crippen LogP) is 4.92. The number of furan rings is 1. The van der Waals surface area contributed by atoms with Gasteiger partial charge in [0.1, 0.15) is 29.1 Å². The lowest BCUT2D eigenvalue weighted by atomic mass is 9.99. The molecule has 1 atom stereocenters. The SMILES string of the molecule is CCOc1ccc(/C(O)=C2\C(=O)C(=O)N(c3nc4ccc(OC)cc4s3)C2c2ccco2)cc1. The van der Waals surface area contributed by atoms with Crippen LogP contribution < -0.4 is 14.4 Å². The number of carbonyl (C=O) groups excluding carboxylic acids is 2. The van der Waals surface area contributed by atoms with E-state index in [9.17, 15) is 14.7 Å². The third-order valence-corrected chi connectivity index (χ3v) is 6.50. The van der Waals surface area contributed by atoms with Crippen molar-refractivity contribution in [1.29, 1.82) is 0 Å². The number of anilines is 1. The summed E-state index contributed by atoms with van der Waals surface area (Å²) in [7, 11) is 1.57. The Morgan fingerprint density at radius 2 is 1.91 bits per heavy atom. The van der Waals surface area contributed by atoms with Gasteiger partial charge in [0.2, 0.25) is 0 Å². The highest BCUT2D eigenvalue weighted by molar-refractivity contribution is 7.22. The summed E-state index contributed by atoms with van der Waals surface area (Å²) in [6.45, 7) is 2.37. The molecule has 2 aromatic heterocycles. The van der Waals surface area contributed by atoms with Crippen molar-refractivity contribution in [3.8, 4) is 11.5 Å². The number of amides is 1. The second-order valence-electron chi connectivity index (χ2n) is 7.47. The molecule has 0 spiro atoms. The van der Waals surface area contributed by atoms with E-state index >= 15 is 0 Å². The summed E-state index contributed by atoms with van der Waals surface area (Å²) in [6.07, 6.45) is 1.45. The van der Waals surface area contributed by atoms with Gasteiger partial charge < -0.3 is 19.0 Å². The molecular weight excluding hydrogens is 456 g/mol. The lowest BCUT2D eigenvalue weighted by Crippen LogP contribution is -2.29. The molecule has 0 radical (unpaired) electrons. The molecule has 4 aromatic rings. The summed E-state index contributed by atoms with van der Waals surface area (Å²) in [5.41, 5.74) is 0.973. The topological polar surface area (TPSA) is 102 Å². The van der Waals surface area contributed by atoms with Crippen molar-refractivity contribution in [3.05, 3.63) is 77.8 Å². The number of hydrogen-bond acceptors (Lipinski definition) is 8. The molecule has 1 amide bonds. The number of carbonyl (C=O) groups is 2. The van der Waals surface area contributed by atoms with E-state index in [4.69, 9.17) is 13.9 Å². The van der Waals surface area contributed by atoms with Gasteiger partial charge in [-0.3, -0.25) is 14.5 Å². The van der Waals surface area contributed by atoms with Gasteiger partial charge in [0, 0.05) is 5.56 Å². The molecule has 3 heterocycles. The van der Waals surface area contributed by atoms with E-state index in [1.165, 1.54) is 22.5 Å². The smallest absolute Gasteiger partial charge is 0.302 e. The maximum absolute atomic E-state index is 13.2. The van der Waals surface area contributed by atoms with Gasteiger partial charge in [-0.2, -0.15) is 0 Å². The number of Topliss-reactive ketones (excluding diaryl/α,β-unsaturated/α-hetero) is 1. The Hall–Kier alpha value is -4.11. The minimum absolute atomic E-state index is 0.0686. The van der Waals surface area contributed by atoms with Crippen molar-refractivity contribution in [2.24, 2.45) is 0 Å². The monoisotopic (exact) mass is 476 g/mol. The van der Waals surface area contributed by atoms with Crippen LogP contribution in [0.2, 0.25) is 0 Å². The number of ketones is 1. The first-order chi connectivity index (χ1) is 16.5. The summed E-state index contributed by atoms with van der Waals surface area (Å²) < 4.78 is 17.1. The van der Waals surface area contributed by atoms with E-state index in [-0.39, 0.29) is 11.3 Å². The summed E-state index contributed by atoms with van der Waals surface area (Å²) >= 11 is 1.25. The first-order valence-corrected chi connectivity index (χ1v) is 11.4. The minimum Gasteiger partial charge on any atom is -0.507 e. The first kappa shape index (κ1) is 21.7. The summed E-state index contributed by atoms with van der Waals surface area (Å²) in [6, 6.07) is 14.4. The maximum atomic E-state index is 13.2. The summed E-state index contributed by atoms with van der Waals surface area (Å²) in [5, 5.41) is 11.5. The quantitative estimate of drug-likeness (QED) is 0.239. The molecule has 9 heteroatoms. The number of benzene rings is 2. The Kier molecular flexibility index (Phi) is 5.54. The van der Waals surface area contributed by atoms with Gasteiger partial charge in [-0.15, -0.1) is 0 Å². The van der Waals surface area contributed by atoms with Crippen LogP contribution in [0, 0.1) is 0 Å². The number of fused-ring (bicyclic) bond motifs is 1. The fourth-order valence-corrected chi connectivity index (χ4v) is 4.92. The molecule has 1 unspecified atom stereocenters. The lowest BCUT2D eigenvalue weighted by molar-refractivity contribution is -0.132. The van der Waals surface area contributed by atoms with E-state index in [1.807, 2.05) is 13.0 Å². The van der Waals surface area contributed by atoms with Gasteiger partial charge in [-0.25, -0.2) is 4.98 Å². The van der Waals surface area contributed by atoms with Gasteiger partial charge in [0.15, 0.2) is 5.13 Å². The standard InChI is InChI=1S/C25H20N2O6S/c1-3-32-15-8-6-14(7-9-15)22(28)20-21(18-5-4-12-33-18)27(24(30)23(20)29)25-26-17-11-10-16(31-2)13-19(17)34-25/h4-13,21,28H,3H2,1-2H3/b22-20+. The highest BCUT2D eigenvalue weighted by atomic mass is 32.1. The van der Waals surface area contributed by atoms with Crippen LogP contribution in [0.15, 0.2) is 70.9 Å². The number of nitrogens with zero attached hydrogens (tertiary/aromatic N) is 2. The maximum Gasteiger partial charge on any atom is 0.302 e. The molecule has 34 heavy (non-hydrogen) atoms. The van der Waals surface area contributed by atoms with Gasteiger partial charge >= 0.3 is 5.91 Å². The van der Waals surface area contributed by atoms with Crippen molar-refractivity contribution < 1.29 is 28.6 Å². The number of thiazole rings is 1. The number of hydrogen-bond donors (Lipinski definition) is 1. The zero-order valence-electron chi connectivity index (χ0n) is 18.3. The van der Waals surface area contributed by atoms with Crippen molar-refractivity contribution in [2.75, 3.05) is 18.6 Å². The third-order valence-electron chi connectivity index (χ3n) is 5.49. The predicted molar refractivity (Wildman–Crippen MR) is 127 cm³/mol. The van der Waals surface area contributed by atoms with Crippen LogP contribution >= 0.6 is 11.3 Å². The van der Waals surface area contributed by atoms with E-state index < -0.39 is 17.7 Å². The molecule has 1 N–H and O–H groups in total. The van der Waals surface area contributed by atoms with Crippen LogP contribution in [0.1, 0.15) is 24.3 Å². The molecule has 0 aliphatic carbocycles. The van der Waals surface area contributed by atoms with Crippen LogP contribution in [0.25, 0.3) is 16.0 Å². The van der Waals surface area contributed by atoms with Crippen LogP contribution in [0.4, 0.5) is 5.13 Å². The number of rotatable bonds is 6. The number of aromatic nitrogens is 1. The molecular formula is C25H20N2O6S. The highest BCUT2D eigenvalue weighted by Crippen LogP contribution is 2.44. The van der Waals surface area contributed by atoms with Crippen LogP contribution in [0.3, 0.4) is 0 Å². The number of aliphatic hydroxyl groups excluding tert-OH is 1. The fraction of sp³-hybridized carbons (Fsp3) is 0.160. The van der Waals surface area contributed by atoms with Crippen molar-refractivity contribution in [1.82, 2.24) is 4.98 Å². The van der Waals surface area contributed by atoms with Crippen molar-refractivity contribution in [2.45, 2.75) is 13.0 Å². The Morgan fingerprint density at radius 3 is 2.59 bits per heavy atom. The molecule has 0 bridgehead atoms. The molecule has 1 fully saturated rings. The molecule has 1 aliphatic rings. The van der Waals surface area contributed by atoms with Crippen LogP contribution in [0.5, 0.6) is 11.5 Å². The van der Waals surface area contributed by atoms with Gasteiger partial charge in [0.05, 0.1) is 35.8 Å². The molecule has 8 nitrogen and oxygen atoms in total. The van der Waals surface area contributed by atoms with E-state index in [2.05, 4.69) is 4.98 Å². The minimum atomic E-state index is -0.968.